The Morgan fingerprint density at radius 3 is 2.70 bits per heavy atom. The van der Waals surface area contributed by atoms with Crippen LogP contribution in [0.2, 0.25) is 0 Å². The molecule has 0 bridgehead atoms. The maximum Gasteiger partial charge on any atom is 0.260 e. The molecule has 2 fully saturated rings. The minimum atomic E-state index is -3.23. The first-order valence-electron chi connectivity index (χ1n) is 11.1. The fourth-order valence-corrected chi connectivity index (χ4v) is 5.54. The molecule has 5 rings (SSSR count). The Hall–Kier alpha value is -2.82. The van der Waals surface area contributed by atoms with E-state index in [0.717, 1.165) is 22.9 Å². The van der Waals surface area contributed by atoms with E-state index in [-0.39, 0.29) is 17.6 Å². The lowest BCUT2D eigenvalue weighted by Crippen LogP contribution is -2.31. The molecule has 0 saturated carbocycles. The van der Waals surface area contributed by atoms with Gasteiger partial charge in [-0.25, -0.2) is 17.7 Å². The molecule has 4 heterocycles. The van der Waals surface area contributed by atoms with Gasteiger partial charge in [-0.05, 0) is 37.0 Å². The third-order valence-electron chi connectivity index (χ3n) is 6.43. The highest BCUT2D eigenvalue weighted by Gasteiger charge is 2.29. The summed E-state index contributed by atoms with van der Waals surface area (Å²) in [6, 6.07) is 9.51. The highest BCUT2D eigenvalue weighted by atomic mass is 32.2. The zero-order valence-corrected chi connectivity index (χ0v) is 19.5. The van der Waals surface area contributed by atoms with Crippen molar-refractivity contribution in [2.24, 2.45) is 0 Å². The van der Waals surface area contributed by atoms with Crippen molar-refractivity contribution in [3.05, 3.63) is 52.4 Å². The summed E-state index contributed by atoms with van der Waals surface area (Å²) >= 11 is 0. The number of ether oxygens (including phenoxy) is 1. The molecule has 0 radical (unpaired) electrons. The number of benzene rings is 1. The largest absolute Gasteiger partial charge is 0.379 e. The van der Waals surface area contributed by atoms with Crippen LogP contribution in [0.3, 0.4) is 0 Å². The molecule has 10 heteroatoms. The van der Waals surface area contributed by atoms with Gasteiger partial charge in [-0.15, -0.1) is 0 Å². The predicted octanol–water partition coefficient (Wildman–Crippen LogP) is 2.17. The van der Waals surface area contributed by atoms with Crippen LogP contribution in [0.15, 0.2) is 41.3 Å². The summed E-state index contributed by atoms with van der Waals surface area (Å²) in [5, 5.41) is 4.03. The second kappa shape index (κ2) is 8.51. The van der Waals surface area contributed by atoms with Crippen molar-refractivity contribution >= 4 is 27.0 Å². The number of pyridine rings is 1. The summed E-state index contributed by atoms with van der Waals surface area (Å²) < 4.78 is 32.4. The van der Waals surface area contributed by atoms with Crippen LogP contribution >= 0.6 is 0 Å². The number of aryl methyl sites for hydroxylation is 1. The smallest absolute Gasteiger partial charge is 0.260 e. The minimum Gasteiger partial charge on any atom is -0.379 e. The molecule has 174 valence electrons. The molecule has 0 aliphatic carbocycles. The number of nitrogens with zero attached hydrogens (tertiary/aromatic N) is 4. The Bertz CT molecular complexity index is 1370. The lowest BCUT2D eigenvalue weighted by Gasteiger charge is -2.19. The first-order valence-corrected chi connectivity index (χ1v) is 12.9. The van der Waals surface area contributed by atoms with Crippen LogP contribution in [0, 0.1) is 6.92 Å². The van der Waals surface area contributed by atoms with Gasteiger partial charge in [-0.3, -0.25) is 9.36 Å². The zero-order chi connectivity index (χ0) is 23.2. The zero-order valence-electron chi connectivity index (χ0n) is 18.7. The SMILES string of the molecule is Cc1ccccc1-c1cc2cnc(N[C@H]3CCN(S(C)(=O)=O)C3)nc2n(C2CCOC2)c1=O. The second-order valence-corrected chi connectivity index (χ2v) is 10.8. The highest BCUT2D eigenvalue weighted by molar-refractivity contribution is 7.88. The van der Waals surface area contributed by atoms with Gasteiger partial charge in [0.2, 0.25) is 16.0 Å². The van der Waals surface area contributed by atoms with E-state index in [1.54, 1.807) is 10.8 Å². The number of nitrogens with one attached hydrogen (secondary N) is 1. The summed E-state index contributed by atoms with van der Waals surface area (Å²) in [6.07, 6.45) is 4.35. The summed E-state index contributed by atoms with van der Waals surface area (Å²) in [5.41, 5.74) is 3.01. The monoisotopic (exact) mass is 469 g/mol. The number of fused-ring (bicyclic) bond motifs is 1. The number of rotatable bonds is 5. The molecule has 2 saturated heterocycles. The van der Waals surface area contributed by atoms with Crippen molar-refractivity contribution < 1.29 is 13.2 Å². The van der Waals surface area contributed by atoms with E-state index in [0.29, 0.717) is 49.9 Å². The molecule has 2 aliphatic rings. The molecule has 2 aromatic heterocycles. The molecule has 1 aromatic carbocycles. The Kier molecular flexibility index (Phi) is 5.67. The lowest BCUT2D eigenvalue weighted by molar-refractivity contribution is 0.186. The van der Waals surface area contributed by atoms with Gasteiger partial charge < -0.3 is 10.1 Å². The second-order valence-electron chi connectivity index (χ2n) is 8.79. The van der Waals surface area contributed by atoms with Gasteiger partial charge in [-0.1, -0.05) is 24.3 Å². The third kappa shape index (κ3) is 4.25. The fourth-order valence-electron chi connectivity index (χ4n) is 4.65. The van der Waals surface area contributed by atoms with E-state index in [4.69, 9.17) is 9.72 Å². The Balaban J connectivity index is 1.57. The van der Waals surface area contributed by atoms with E-state index in [1.807, 2.05) is 37.3 Å². The highest BCUT2D eigenvalue weighted by Crippen LogP contribution is 2.28. The van der Waals surface area contributed by atoms with Crippen LogP contribution in [-0.2, 0) is 14.8 Å². The average Bonchev–Trinajstić information content (AvgIpc) is 3.46. The van der Waals surface area contributed by atoms with Crippen molar-refractivity contribution in [3.63, 3.8) is 0 Å². The maximum absolute atomic E-state index is 13.7. The van der Waals surface area contributed by atoms with Crippen LogP contribution in [0.4, 0.5) is 5.95 Å². The predicted molar refractivity (Wildman–Crippen MR) is 127 cm³/mol. The third-order valence-corrected chi connectivity index (χ3v) is 7.70. The minimum absolute atomic E-state index is 0.0848. The van der Waals surface area contributed by atoms with Gasteiger partial charge in [0.25, 0.3) is 5.56 Å². The molecule has 3 aromatic rings. The summed E-state index contributed by atoms with van der Waals surface area (Å²) in [7, 11) is -3.23. The molecule has 2 atom stereocenters. The number of aromatic nitrogens is 3. The topological polar surface area (TPSA) is 106 Å². The van der Waals surface area contributed by atoms with Crippen LogP contribution in [0.1, 0.15) is 24.4 Å². The lowest BCUT2D eigenvalue weighted by atomic mass is 10.0. The van der Waals surface area contributed by atoms with Crippen molar-refractivity contribution in [2.75, 3.05) is 37.9 Å². The molecular weight excluding hydrogens is 442 g/mol. The van der Waals surface area contributed by atoms with Crippen LogP contribution in [0.25, 0.3) is 22.2 Å². The van der Waals surface area contributed by atoms with Crippen LogP contribution < -0.4 is 10.9 Å². The molecule has 1 unspecified atom stereocenters. The molecular formula is C23H27N5O4S. The number of hydrogen-bond acceptors (Lipinski definition) is 7. The van der Waals surface area contributed by atoms with Crippen molar-refractivity contribution in [2.45, 2.75) is 31.8 Å². The Morgan fingerprint density at radius 1 is 1.18 bits per heavy atom. The molecule has 0 spiro atoms. The number of anilines is 1. The van der Waals surface area contributed by atoms with Crippen LogP contribution in [-0.4, -0.2) is 65.9 Å². The van der Waals surface area contributed by atoms with Crippen molar-refractivity contribution in [3.8, 4) is 11.1 Å². The van der Waals surface area contributed by atoms with Gasteiger partial charge in [0.05, 0.1) is 18.9 Å². The van der Waals surface area contributed by atoms with E-state index >= 15 is 0 Å². The standard InChI is InChI=1S/C23H27N5O4S/c1-15-5-3-4-6-19(15)20-11-16-12-24-23(25-17-7-9-27(13-17)33(2,30)31)26-21(16)28(22(20)29)18-8-10-32-14-18/h3-6,11-12,17-18H,7-10,13-14H2,1-2H3,(H,24,25,26)/t17-,18?/m0/s1. The fraction of sp³-hybridized carbons (Fsp3) is 0.435. The van der Waals surface area contributed by atoms with E-state index in [9.17, 15) is 13.2 Å². The van der Waals surface area contributed by atoms with Gasteiger partial charge in [-0.2, -0.15) is 4.98 Å². The van der Waals surface area contributed by atoms with Crippen molar-refractivity contribution in [1.82, 2.24) is 18.8 Å². The van der Waals surface area contributed by atoms with E-state index < -0.39 is 10.0 Å². The Labute approximate surface area is 192 Å². The quantitative estimate of drug-likeness (QED) is 0.610. The molecule has 33 heavy (non-hydrogen) atoms. The van der Waals surface area contributed by atoms with E-state index in [2.05, 4.69) is 10.3 Å². The molecule has 0 amide bonds. The first-order chi connectivity index (χ1) is 15.8. The number of hydrogen-bond donors (Lipinski definition) is 1. The summed E-state index contributed by atoms with van der Waals surface area (Å²) in [4.78, 5) is 22.9. The molecule has 2 aliphatic heterocycles. The molecule has 1 N–H and O–H groups in total. The van der Waals surface area contributed by atoms with Gasteiger partial charge in [0.1, 0.15) is 5.65 Å². The van der Waals surface area contributed by atoms with Crippen LogP contribution in [0.5, 0.6) is 0 Å². The molecule has 9 nitrogen and oxygen atoms in total. The summed E-state index contributed by atoms with van der Waals surface area (Å²) in [5.74, 6) is 0.388. The first kappa shape index (κ1) is 22.0. The number of sulfonamides is 1. The normalized spacial score (nSPS) is 21.6. The Morgan fingerprint density at radius 2 is 2.00 bits per heavy atom. The van der Waals surface area contributed by atoms with E-state index in [1.165, 1.54) is 10.6 Å². The summed E-state index contributed by atoms with van der Waals surface area (Å²) in [6.45, 7) is 3.90. The van der Waals surface area contributed by atoms with Gasteiger partial charge in [0, 0.05) is 42.9 Å². The maximum atomic E-state index is 13.7. The van der Waals surface area contributed by atoms with Gasteiger partial charge in [0.15, 0.2) is 0 Å². The van der Waals surface area contributed by atoms with Crippen molar-refractivity contribution in [1.29, 1.82) is 0 Å². The van der Waals surface area contributed by atoms with Gasteiger partial charge >= 0.3 is 0 Å². The average molecular weight is 470 g/mol.